The first-order chi connectivity index (χ1) is 9.50. The minimum absolute atomic E-state index is 0.0610. The average molecular weight is 278 g/mol. The molecular formula is C16H26N2O2. The van der Waals surface area contributed by atoms with Crippen LogP contribution >= 0.6 is 0 Å². The summed E-state index contributed by atoms with van der Waals surface area (Å²) in [4.78, 5) is 12.7. The molecule has 0 aromatic carbocycles. The molecule has 1 amide bonds. The highest BCUT2D eigenvalue weighted by molar-refractivity contribution is 5.81. The molecule has 0 radical (unpaired) electrons. The second-order valence-electron chi connectivity index (χ2n) is 7.99. The van der Waals surface area contributed by atoms with Gasteiger partial charge in [0.1, 0.15) is 0 Å². The molecule has 3 saturated carbocycles. The van der Waals surface area contributed by atoms with Gasteiger partial charge in [0.2, 0.25) is 5.91 Å². The summed E-state index contributed by atoms with van der Waals surface area (Å²) in [6.07, 6.45) is 5.01. The Morgan fingerprint density at radius 3 is 2.70 bits per heavy atom. The largest absolute Gasteiger partial charge is 0.377 e. The maximum Gasteiger partial charge on any atom is 0.225 e. The van der Waals surface area contributed by atoms with Gasteiger partial charge in [-0.25, -0.2) is 0 Å². The van der Waals surface area contributed by atoms with Crippen molar-refractivity contribution in [3.63, 3.8) is 0 Å². The zero-order valence-electron chi connectivity index (χ0n) is 12.5. The summed E-state index contributed by atoms with van der Waals surface area (Å²) in [6.45, 7) is 5.27. The van der Waals surface area contributed by atoms with Crippen LogP contribution in [0.3, 0.4) is 0 Å². The first kappa shape index (κ1) is 13.1. The van der Waals surface area contributed by atoms with E-state index in [0.717, 1.165) is 13.0 Å². The van der Waals surface area contributed by atoms with Crippen LogP contribution in [0.5, 0.6) is 0 Å². The van der Waals surface area contributed by atoms with Crippen LogP contribution in [-0.4, -0.2) is 30.7 Å². The van der Waals surface area contributed by atoms with Crippen molar-refractivity contribution < 1.29 is 9.53 Å². The lowest BCUT2D eigenvalue weighted by Gasteiger charge is -2.55. The summed E-state index contributed by atoms with van der Waals surface area (Å²) < 4.78 is 5.80. The van der Waals surface area contributed by atoms with Crippen molar-refractivity contribution in [1.82, 2.24) is 5.32 Å². The molecule has 0 aromatic heterocycles. The molecule has 1 saturated heterocycles. The Balaban J connectivity index is 1.46. The number of rotatable bonds is 2. The van der Waals surface area contributed by atoms with E-state index in [-0.39, 0.29) is 29.3 Å². The van der Waals surface area contributed by atoms with Gasteiger partial charge in [-0.15, -0.1) is 0 Å². The normalized spacial score (nSPS) is 51.6. The van der Waals surface area contributed by atoms with E-state index in [4.69, 9.17) is 10.5 Å². The average Bonchev–Trinajstić information content (AvgIpc) is 3.09. The lowest BCUT2D eigenvalue weighted by Crippen LogP contribution is -2.67. The number of carbonyl (C=O) groups is 1. The number of hydrogen-bond donors (Lipinski definition) is 2. The molecule has 4 rings (SSSR count). The summed E-state index contributed by atoms with van der Waals surface area (Å²) in [6, 6.07) is 0.362. The van der Waals surface area contributed by atoms with Crippen molar-refractivity contribution in [2.45, 2.75) is 57.7 Å². The molecule has 1 heterocycles. The first-order valence-corrected chi connectivity index (χ1v) is 8.17. The van der Waals surface area contributed by atoms with Crippen LogP contribution in [0, 0.1) is 29.1 Å². The fourth-order valence-electron chi connectivity index (χ4n) is 5.59. The number of nitrogens with two attached hydrogens (primary N) is 1. The summed E-state index contributed by atoms with van der Waals surface area (Å²) in [5, 5.41) is 3.34. The molecule has 4 heteroatoms. The fraction of sp³-hybridized carbons (Fsp3) is 0.938. The van der Waals surface area contributed by atoms with Gasteiger partial charge < -0.3 is 15.8 Å². The van der Waals surface area contributed by atoms with Gasteiger partial charge in [0, 0.05) is 30.0 Å². The smallest absolute Gasteiger partial charge is 0.225 e. The zero-order chi connectivity index (χ0) is 14.1. The number of hydrogen-bond acceptors (Lipinski definition) is 3. The number of ether oxygens (including phenoxy) is 1. The van der Waals surface area contributed by atoms with Gasteiger partial charge in [0.15, 0.2) is 0 Å². The van der Waals surface area contributed by atoms with Crippen molar-refractivity contribution >= 4 is 5.91 Å². The molecule has 4 aliphatic rings. The number of fused-ring (bicyclic) bond motifs is 3. The molecule has 20 heavy (non-hydrogen) atoms. The minimum Gasteiger partial charge on any atom is -0.377 e. The molecule has 112 valence electrons. The second-order valence-corrected chi connectivity index (χ2v) is 7.99. The standard InChI is InChI=1S/C16H26N2O2/c1-16(2)13(10-5-6-20-14(10)16)18-15(19)11-8-3-4-9(7-8)12(11)17/h8-14H,3-7,17H2,1-2H3,(H,18,19). The molecule has 0 spiro atoms. The van der Waals surface area contributed by atoms with E-state index in [1.54, 1.807) is 0 Å². The Hall–Kier alpha value is -0.610. The van der Waals surface area contributed by atoms with Crippen LogP contribution < -0.4 is 11.1 Å². The summed E-state index contributed by atoms with van der Waals surface area (Å²) >= 11 is 0. The Bertz CT molecular complexity index is 434. The zero-order valence-corrected chi connectivity index (χ0v) is 12.5. The summed E-state index contributed by atoms with van der Waals surface area (Å²) in [5.74, 6) is 1.92. The van der Waals surface area contributed by atoms with Gasteiger partial charge in [-0.3, -0.25) is 4.79 Å². The Morgan fingerprint density at radius 1 is 1.25 bits per heavy atom. The molecule has 4 fully saturated rings. The van der Waals surface area contributed by atoms with Crippen molar-refractivity contribution in [2.24, 2.45) is 34.8 Å². The van der Waals surface area contributed by atoms with E-state index in [1.165, 1.54) is 19.3 Å². The fourth-order valence-corrected chi connectivity index (χ4v) is 5.59. The van der Waals surface area contributed by atoms with E-state index in [1.807, 2.05) is 0 Å². The van der Waals surface area contributed by atoms with Crippen LogP contribution in [0.4, 0.5) is 0 Å². The highest BCUT2D eigenvalue weighted by Gasteiger charge is 2.60. The third-order valence-corrected chi connectivity index (χ3v) is 6.68. The molecule has 7 unspecified atom stereocenters. The van der Waals surface area contributed by atoms with E-state index in [0.29, 0.717) is 23.9 Å². The van der Waals surface area contributed by atoms with Crippen molar-refractivity contribution in [2.75, 3.05) is 6.61 Å². The van der Waals surface area contributed by atoms with Gasteiger partial charge in [-0.1, -0.05) is 13.8 Å². The van der Waals surface area contributed by atoms with Crippen LogP contribution in [0.2, 0.25) is 0 Å². The maximum absolute atomic E-state index is 12.7. The summed E-state index contributed by atoms with van der Waals surface area (Å²) in [5.41, 5.74) is 6.36. The first-order valence-electron chi connectivity index (χ1n) is 8.17. The molecule has 0 aromatic rings. The lowest BCUT2D eigenvalue weighted by atomic mass is 9.57. The van der Waals surface area contributed by atoms with Gasteiger partial charge >= 0.3 is 0 Å². The predicted octanol–water partition coefficient (Wildman–Crippen LogP) is 1.29. The van der Waals surface area contributed by atoms with Gasteiger partial charge in [-0.2, -0.15) is 0 Å². The van der Waals surface area contributed by atoms with Gasteiger partial charge in [0.25, 0.3) is 0 Å². The third-order valence-electron chi connectivity index (χ3n) is 6.68. The molecule has 4 nitrogen and oxygen atoms in total. The molecule has 1 aliphatic heterocycles. The Morgan fingerprint density at radius 2 is 2.00 bits per heavy atom. The molecule has 3 N–H and O–H groups in total. The summed E-state index contributed by atoms with van der Waals surface area (Å²) in [7, 11) is 0. The van der Waals surface area contributed by atoms with Gasteiger partial charge in [-0.05, 0) is 37.5 Å². The Kier molecular flexibility index (Phi) is 2.75. The third kappa shape index (κ3) is 1.58. The van der Waals surface area contributed by atoms with E-state index in [2.05, 4.69) is 19.2 Å². The topological polar surface area (TPSA) is 64.4 Å². The molecule has 7 atom stereocenters. The maximum atomic E-state index is 12.7. The van der Waals surface area contributed by atoms with Crippen molar-refractivity contribution in [3.8, 4) is 0 Å². The lowest BCUT2D eigenvalue weighted by molar-refractivity contribution is -0.142. The number of nitrogens with one attached hydrogen (secondary N) is 1. The quantitative estimate of drug-likeness (QED) is 0.800. The van der Waals surface area contributed by atoms with Crippen molar-refractivity contribution in [1.29, 1.82) is 0 Å². The van der Waals surface area contributed by atoms with Crippen LogP contribution in [0.15, 0.2) is 0 Å². The number of carbonyl (C=O) groups excluding carboxylic acids is 1. The van der Waals surface area contributed by atoms with Crippen molar-refractivity contribution in [3.05, 3.63) is 0 Å². The van der Waals surface area contributed by atoms with E-state index in [9.17, 15) is 4.79 Å². The van der Waals surface area contributed by atoms with Crippen LogP contribution in [-0.2, 0) is 9.53 Å². The monoisotopic (exact) mass is 278 g/mol. The molecular weight excluding hydrogens is 252 g/mol. The number of amides is 1. The minimum atomic E-state index is 0.0610. The molecule has 3 aliphatic carbocycles. The van der Waals surface area contributed by atoms with E-state index < -0.39 is 0 Å². The SMILES string of the molecule is CC1(C)C(NC(=O)C2C3CCC(C3)C2N)C2CCOC21. The predicted molar refractivity (Wildman–Crippen MR) is 75.9 cm³/mol. The van der Waals surface area contributed by atoms with Crippen LogP contribution in [0.1, 0.15) is 39.5 Å². The second kappa shape index (κ2) is 4.20. The Labute approximate surface area is 120 Å². The van der Waals surface area contributed by atoms with Crippen LogP contribution in [0.25, 0.3) is 0 Å². The van der Waals surface area contributed by atoms with Gasteiger partial charge in [0.05, 0.1) is 12.0 Å². The molecule has 2 bridgehead atoms. The van der Waals surface area contributed by atoms with E-state index >= 15 is 0 Å². The highest BCUT2D eigenvalue weighted by atomic mass is 16.5. The highest BCUT2D eigenvalue weighted by Crippen LogP contribution is 2.53.